The van der Waals surface area contributed by atoms with Crippen molar-refractivity contribution in [3.05, 3.63) is 96.6 Å². The first-order chi connectivity index (χ1) is 10.4. The maximum Gasteiger partial charge on any atom is 0 e. The first-order valence-corrected chi connectivity index (χ1v) is 7.16. The third kappa shape index (κ3) is 8.11. The molecular formula is C20H21ClNPd-. The predicted molar refractivity (Wildman–Crippen MR) is 97.2 cm³/mol. The van der Waals surface area contributed by atoms with Crippen LogP contribution in [0.3, 0.4) is 0 Å². The van der Waals surface area contributed by atoms with Crippen LogP contribution in [0.2, 0.25) is 0 Å². The van der Waals surface area contributed by atoms with Crippen LogP contribution in [0.25, 0.3) is 11.1 Å². The van der Waals surface area contributed by atoms with Gasteiger partial charge in [0.1, 0.15) is 0 Å². The molecule has 0 radical (unpaired) electrons. The van der Waals surface area contributed by atoms with Crippen LogP contribution in [0.15, 0.2) is 84.9 Å². The molecule has 3 rings (SSSR count). The number of rotatable bonds is 3. The monoisotopic (exact) mass is 416 g/mol. The van der Waals surface area contributed by atoms with Gasteiger partial charge < -0.3 is 5.73 Å². The predicted octanol–water partition coefficient (Wildman–Crippen LogP) is 4.76. The van der Waals surface area contributed by atoms with Gasteiger partial charge in [0.15, 0.2) is 0 Å². The van der Waals surface area contributed by atoms with E-state index in [1.165, 1.54) is 16.7 Å². The van der Waals surface area contributed by atoms with Gasteiger partial charge in [-0.3, -0.25) is 0 Å². The molecule has 0 unspecified atom stereocenters. The van der Waals surface area contributed by atoms with Crippen LogP contribution in [-0.2, 0) is 26.8 Å². The van der Waals surface area contributed by atoms with Crippen LogP contribution in [0.5, 0.6) is 0 Å². The standard InChI is InChI=1S/C12H10.C8H10N.ClH.Pd/c1-3-7-11(8-4-1)12-9-5-2-6-10-12;9-7-6-8-4-2-1-3-5-8;;/h1-10H;1-4H,6-7,9H2;1H;/q;-1;;. The van der Waals surface area contributed by atoms with Crippen molar-refractivity contribution < 1.29 is 20.4 Å². The van der Waals surface area contributed by atoms with Gasteiger partial charge in [0.25, 0.3) is 0 Å². The third-order valence-corrected chi connectivity index (χ3v) is 3.07. The Kier molecular flexibility index (Phi) is 12.2. The molecule has 3 heteroatoms. The molecule has 3 aromatic rings. The Labute approximate surface area is 159 Å². The van der Waals surface area contributed by atoms with Gasteiger partial charge in [-0.05, 0) is 24.1 Å². The van der Waals surface area contributed by atoms with Crippen molar-refractivity contribution in [2.45, 2.75) is 6.42 Å². The van der Waals surface area contributed by atoms with Crippen molar-refractivity contribution >= 4 is 12.4 Å². The number of benzene rings is 3. The van der Waals surface area contributed by atoms with E-state index in [0.717, 1.165) is 6.42 Å². The molecule has 0 aliphatic rings. The smallest absolute Gasteiger partial charge is 0 e. The number of nitrogens with two attached hydrogens (primary N) is 1. The van der Waals surface area contributed by atoms with Gasteiger partial charge in [0.05, 0.1) is 0 Å². The van der Waals surface area contributed by atoms with E-state index in [1.54, 1.807) is 0 Å². The van der Waals surface area contributed by atoms with Gasteiger partial charge in [-0.25, -0.2) is 0 Å². The SMILES string of the molecule is Cl.NCCc1[c-]cccc1.[Pd].c1ccc(-c2ccccc2)cc1. The minimum Gasteiger partial charge on any atom is -0.330 e. The van der Waals surface area contributed by atoms with E-state index < -0.39 is 0 Å². The summed E-state index contributed by atoms with van der Waals surface area (Å²) in [6.45, 7) is 0.709. The summed E-state index contributed by atoms with van der Waals surface area (Å²) in [6.07, 6.45) is 0.931. The molecule has 0 aliphatic carbocycles. The van der Waals surface area contributed by atoms with E-state index in [1.807, 2.05) is 36.4 Å². The van der Waals surface area contributed by atoms with Crippen LogP contribution >= 0.6 is 12.4 Å². The minimum atomic E-state index is 0. The summed E-state index contributed by atoms with van der Waals surface area (Å²) >= 11 is 0. The van der Waals surface area contributed by atoms with Gasteiger partial charge in [0.2, 0.25) is 0 Å². The molecule has 124 valence electrons. The molecule has 0 aromatic heterocycles. The summed E-state index contributed by atoms with van der Waals surface area (Å²) in [6, 6.07) is 31.8. The van der Waals surface area contributed by atoms with Crippen molar-refractivity contribution in [2.75, 3.05) is 6.54 Å². The van der Waals surface area contributed by atoms with Crippen molar-refractivity contribution in [3.8, 4) is 11.1 Å². The van der Waals surface area contributed by atoms with Crippen molar-refractivity contribution in [1.29, 1.82) is 0 Å². The molecule has 0 bridgehead atoms. The molecule has 0 saturated carbocycles. The second kappa shape index (κ2) is 13.1. The van der Waals surface area contributed by atoms with E-state index in [0.29, 0.717) is 6.54 Å². The normalized spacial score (nSPS) is 8.74. The molecule has 0 aliphatic heterocycles. The Morgan fingerprint density at radius 2 is 1.17 bits per heavy atom. The van der Waals surface area contributed by atoms with Gasteiger partial charge in [0, 0.05) is 20.4 Å². The number of halogens is 1. The summed E-state index contributed by atoms with van der Waals surface area (Å²) < 4.78 is 0. The molecule has 3 aromatic carbocycles. The zero-order valence-electron chi connectivity index (χ0n) is 12.8. The van der Waals surface area contributed by atoms with Gasteiger partial charge in [-0.15, -0.1) is 12.4 Å². The Balaban J connectivity index is 0.000000401. The fourth-order valence-corrected chi connectivity index (χ4v) is 2.00. The zero-order valence-corrected chi connectivity index (χ0v) is 15.2. The number of hydrogen-bond acceptors (Lipinski definition) is 1. The quantitative estimate of drug-likeness (QED) is 0.483. The zero-order chi connectivity index (χ0) is 14.8. The fraction of sp³-hybridized carbons (Fsp3) is 0.100. The van der Waals surface area contributed by atoms with E-state index in [2.05, 4.69) is 54.6 Å². The summed E-state index contributed by atoms with van der Waals surface area (Å²) in [5, 5.41) is 0. The van der Waals surface area contributed by atoms with Crippen LogP contribution in [0.1, 0.15) is 5.56 Å². The Bertz CT molecular complexity index is 577. The van der Waals surface area contributed by atoms with E-state index in [-0.39, 0.29) is 32.8 Å². The molecule has 23 heavy (non-hydrogen) atoms. The maximum absolute atomic E-state index is 5.34. The van der Waals surface area contributed by atoms with Crippen LogP contribution in [0.4, 0.5) is 0 Å². The maximum atomic E-state index is 5.34. The molecule has 0 amide bonds. The Morgan fingerprint density at radius 3 is 1.57 bits per heavy atom. The van der Waals surface area contributed by atoms with Gasteiger partial charge in [-0.2, -0.15) is 35.9 Å². The molecule has 2 N–H and O–H groups in total. The topological polar surface area (TPSA) is 26.0 Å². The molecule has 1 nitrogen and oxygen atoms in total. The van der Waals surface area contributed by atoms with Crippen LogP contribution in [-0.4, -0.2) is 6.54 Å². The summed E-state index contributed by atoms with van der Waals surface area (Å²) in [4.78, 5) is 0. The molecular weight excluding hydrogens is 396 g/mol. The van der Waals surface area contributed by atoms with E-state index >= 15 is 0 Å². The van der Waals surface area contributed by atoms with Gasteiger partial charge in [-0.1, -0.05) is 60.7 Å². The summed E-state index contributed by atoms with van der Waals surface area (Å²) in [5.41, 5.74) is 9.09. The molecule has 0 atom stereocenters. The van der Waals surface area contributed by atoms with Crippen molar-refractivity contribution in [1.82, 2.24) is 0 Å². The van der Waals surface area contributed by atoms with Crippen molar-refractivity contribution in [3.63, 3.8) is 0 Å². The molecule has 0 spiro atoms. The molecule has 0 heterocycles. The molecule has 0 fully saturated rings. The summed E-state index contributed by atoms with van der Waals surface area (Å²) in [7, 11) is 0. The summed E-state index contributed by atoms with van der Waals surface area (Å²) in [5.74, 6) is 0. The van der Waals surface area contributed by atoms with Gasteiger partial charge >= 0.3 is 0 Å². The largest absolute Gasteiger partial charge is 0.330 e. The van der Waals surface area contributed by atoms with Crippen LogP contribution < -0.4 is 5.73 Å². The van der Waals surface area contributed by atoms with Crippen molar-refractivity contribution in [2.24, 2.45) is 5.73 Å². The first kappa shape index (κ1) is 21.6. The third-order valence-electron chi connectivity index (χ3n) is 3.07. The fourth-order valence-electron chi connectivity index (χ4n) is 2.00. The minimum absolute atomic E-state index is 0. The average molecular weight is 417 g/mol. The Hall–Kier alpha value is -1.43. The first-order valence-electron chi connectivity index (χ1n) is 7.16. The van der Waals surface area contributed by atoms with E-state index in [9.17, 15) is 0 Å². The molecule has 0 saturated heterocycles. The number of hydrogen-bond donors (Lipinski definition) is 1. The average Bonchev–Trinajstić information content (AvgIpc) is 2.58. The Morgan fingerprint density at radius 1 is 0.696 bits per heavy atom. The second-order valence-electron chi connectivity index (χ2n) is 4.66. The second-order valence-corrected chi connectivity index (χ2v) is 4.66. The van der Waals surface area contributed by atoms with Crippen LogP contribution in [0, 0.1) is 6.07 Å². The van der Waals surface area contributed by atoms with E-state index in [4.69, 9.17) is 5.73 Å².